The van der Waals surface area contributed by atoms with Gasteiger partial charge in [0.05, 0.1) is 56.4 Å². The van der Waals surface area contributed by atoms with Crippen LogP contribution in [-0.4, -0.2) is 62.5 Å². The highest BCUT2D eigenvalue weighted by Crippen LogP contribution is 2.46. The average Bonchev–Trinajstić information content (AvgIpc) is 3.00. The lowest BCUT2D eigenvalue weighted by atomic mass is 9.93. The first-order chi connectivity index (χ1) is 19.5. The van der Waals surface area contributed by atoms with Crippen LogP contribution < -0.4 is 37.9 Å². The van der Waals surface area contributed by atoms with E-state index in [1.54, 1.807) is 49.8 Å². The van der Waals surface area contributed by atoms with E-state index in [-0.39, 0.29) is 6.10 Å². The minimum absolute atomic E-state index is 0.344. The van der Waals surface area contributed by atoms with Crippen molar-refractivity contribution < 1.29 is 42.6 Å². The van der Waals surface area contributed by atoms with Gasteiger partial charge in [0, 0.05) is 29.7 Å². The third-order valence-corrected chi connectivity index (χ3v) is 6.73. The van der Waals surface area contributed by atoms with Crippen molar-refractivity contribution in [2.24, 2.45) is 0 Å². The molecule has 1 aliphatic rings. The molecule has 0 fully saturated rings. The maximum absolute atomic E-state index is 6.57. The first-order valence-electron chi connectivity index (χ1n) is 12.7. The van der Waals surface area contributed by atoms with Crippen LogP contribution in [0.5, 0.6) is 46.0 Å². The maximum atomic E-state index is 6.57. The van der Waals surface area contributed by atoms with Crippen molar-refractivity contribution in [3.05, 3.63) is 65.2 Å². The van der Waals surface area contributed by atoms with Crippen LogP contribution in [0.4, 0.5) is 0 Å². The third kappa shape index (κ3) is 5.99. The Balaban J connectivity index is 1.66. The number of methoxy groups -OCH3 is 7. The van der Waals surface area contributed by atoms with Crippen molar-refractivity contribution in [3.63, 3.8) is 0 Å². The molecule has 40 heavy (non-hydrogen) atoms. The monoisotopic (exact) mass is 552 g/mol. The highest BCUT2D eigenvalue weighted by molar-refractivity contribution is 5.57. The molecule has 4 rings (SSSR count). The van der Waals surface area contributed by atoms with E-state index in [9.17, 15) is 0 Å². The molecule has 0 unspecified atom stereocenters. The van der Waals surface area contributed by atoms with Crippen LogP contribution >= 0.6 is 0 Å². The Morgan fingerprint density at radius 2 is 1.38 bits per heavy atom. The van der Waals surface area contributed by atoms with E-state index in [4.69, 9.17) is 42.6 Å². The third-order valence-electron chi connectivity index (χ3n) is 6.73. The molecule has 0 spiro atoms. The van der Waals surface area contributed by atoms with Gasteiger partial charge < -0.3 is 42.6 Å². The predicted molar refractivity (Wildman–Crippen MR) is 151 cm³/mol. The lowest BCUT2D eigenvalue weighted by Crippen LogP contribution is -2.33. The molecular formula is C31H36O9. The van der Waals surface area contributed by atoms with Gasteiger partial charge in [0.1, 0.15) is 23.4 Å². The van der Waals surface area contributed by atoms with Gasteiger partial charge in [-0.25, -0.2) is 0 Å². The SMILES string of the molecule is COc1cc(OC)c2c(c1)O[C@H](c1cc(OC)c(OC)c(OC)c1)[C@H](OC/C=C/c1ccc(OC)c(OC)c1)C2. The van der Waals surface area contributed by atoms with Crippen molar-refractivity contribution in [1.29, 1.82) is 0 Å². The van der Waals surface area contributed by atoms with Crippen molar-refractivity contribution in [1.82, 2.24) is 0 Å². The standard InChI is InChI=1S/C31H36O9/c1-32-21-16-24(34-3)22-18-29(39-12-8-9-19-10-11-23(33-2)26(13-19)35-4)30(40-25(22)17-21)20-14-27(36-5)31(38-7)28(15-20)37-6/h8-11,13-17,29-30H,12,18H2,1-7H3/b9-8+/t29-,30-/m1/s1. The smallest absolute Gasteiger partial charge is 0.203 e. The number of fused-ring (bicyclic) bond motifs is 1. The molecule has 0 bridgehead atoms. The van der Waals surface area contributed by atoms with Crippen molar-refractivity contribution in [2.45, 2.75) is 18.6 Å². The van der Waals surface area contributed by atoms with E-state index in [1.807, 2.05) is 54.6 Å². The topological polar surface area (TPSA) is 83.1 Å². The number of benzene rings is 3. The summed E-state index contributed by atoms with van der Waals surface area (Å²) in [4.78, 5) is 0. The zero-order chi connectivity index (χ0) is 28.6. The second-order valence-corrected chi connectivity index (χ2v) is 8.90. The van der Waals surface area contributed by atoms with Gasteiger partial charge in [0.25, 0.3) is 0 Å². The van der Waals surface area contributed by atoms with Crippen LogP contribution in [0.25, 0.3) is 6.08 Å². The van der Waals surface area contributed by atoms with Gasteiger partial charge in [-0.15, -0.1) is 0 Å². The number of rotatable bonds is 12. The Morgan fingerprint density at radius 1 is 0.700 bits per heavy atom. The first-order valence-corrected chi connectivity index (χ1v) is 12.7. The average molecular weight is 553 g/mol. The summed E-state index contributed by atoms with van der Waals surface area (Å²) < 4.78 is 51.6. The molecule has 3 aromatic carbocycles. The first kappa shape index (κ1) is 28.8. The second-order valence-electron chi connectivity index (χ2n) is 8.90. The van der Waals surface area contributed by atoms with Gasteiger partial charge >= 0.3 is 0 Å². The Labute approximate surface area is 235 Å². The van der Waals surface area contributed by atoms with Gasteiger partial charge in [-0.1, -0.05) is 18.2 Å². The maximum Gasteiger partial charge on any atom is 0.203 e. The van der Waals surface area contributed by atoms with Gasteiger partial charge in [-0.2, -0.15) is 0 Å². The number of hydrogen-bond donors (Lipinski definition) is 0. The van der Waals surface area contributed by atoms with Crippen LogP contribution in [0.15, 0.2) is 48.5 Å². The fourth-order valence-electron chi connectivity index (χ4n) is 4.74. The summed E-state index contributed by atoms with van der Waals surface area (Å²) in [6, 6.07) is 13.2. The molecule has 0 aliphatic carbocycles. The Morgan fingerprint density at radius 3 is 1.98 bits per heavy atom. The van der Waals surface area contributed by atoms with Gasteiger partial charge in [-0.3, -0.25) is 0 Å². The molecule has 1 aliphatic heterocycles. The lowest BCUT2D eigenvalue weighted by molar-refractivity contribution is -0.0270. The fraction of sp³-hybridized carbons (Fsp3) is 0.355. The zero-order valence-electron chi connectivity index (χ0n) is 23.9. The molecule has 214 valence electrons. The number of ether oxygens (including phenoxy) is 9. The molecule has 0 aromatic heterocycles. The fourth-order valence-corrected chi connectivity index (χ4v) is 4.74. The summed E-state index contributed by atoms with van der Waals surface area (Å²) in [5, 5.41) is 0. The summed E-state index contributed by atoms with van der Waals surface area (Å²) in [5.41, 5.74) is 2.68. The molecule has 1 heterocycles. The Kier molecular flexibility index (Phi) is 9.50. The molecule has 0 amide bonds. The van der Waals surface area contributed by atoms with Crippen molar-refractivity contribution >= 4 is 6.08 Å². The van der Waals surface area contributed by atoms with E-state index in [2.05, 4.69) is 0 Å². The van der Waals surface area contributed by atoms with E-state index in [1.165, 1.54) is 0 Å². The summed E-state index contributed by atoms with van der Waals surface area (Å²) in [7, 11) is 11.2. The molecule has 0 saturated carbocycles. The van der Waals surface area contributed by atoms with E-state index >= 15 is 0 Å². The molecule has 0 N–H and O–H groups in total. The van der Waals surface area contributed by atoms with Crippen LogP contribution in [0.3, 0.4) is 0 Å². The summed E-state index contributed by atoms with van der Waals surface area (Å²) >= 11 is 0. The van der Waals surface area contributed by atoms with Crippen LogP contribution in [-0.2, 0) is 11.2 Å². The minimum Gasteiger partial charge on any atom is -0.496 e. The van der Waals surface area contributed by atoms with E-state index in [0.717, 1.165) is 16.7 Å². The lowest BCUT2D eigenvalue weighted by Gasteiger charge is -2.35. The molecule has 9 nitrogen and oxygen atoms in total. The van der Waals surface area contributed by atoms with Crippen LogP contribution in [0, 0.1) is 0 Å². The summed E-state index contributed by atoms with van der Waals surface area (Å²) in [6.07, 6.45) is 3.64. The van der Waals surface area contributed by atoms with Crippen molar-refractivity contribution in [2.75, 3.05) is 56.4 Å². The molecule has 3 aromatic rings. The molecule has 2 atom stereocenters. The Hall–Kier alpha value is -4.24. The highest BCUT2D eigenvalue weighted by Gasteiger charge is 2.35. The summed E-state index contributed by atoms with van der Waals surface area (Å²) in [5.74, 6) is 4.87. The number of hydrogen-bond acceptors (Lipinski definition) is 9. The van der Waals surface area contributed by atoms with E-state index in [0.29, 0.717) is 59.0 Å². The second kappa shape index (κ2) is 13.2. The molecule has 0 radical (unpaired) electrons. The highest BCUT2D eigenvalue weighted by atomic mass is 16.6. The summed E-state index contributed by atoms with van der Waals surface area (Å²) in [6.45, 7) is 0.344. The largest absolute Gasteiger partial charge is 0.496 e. The van der Waals surface area contributed by atoms with E-state index < -0.39 is 6.10 Å². The van der Waals surface area contributed by atoms with Gasteiger partial charge in [-0.05, 0) is 29.8 Å². The van der Waals surface area contributed by atoms with Crippen LogP contribution in [0.2, 0.25) is 0 Å². The quantitative estimate of drug-likeness (QED) is 0.288. The normalized spacial score (nSPS) is 16.1. The zero-order valence-corrected chi connectivity index (χ0v) is 23.9. The van der Waals surface area contributed by atoms with Crippen molar-refractivity contribution in [3.8, 4) is 46.0 Å². The minimum atomic E-state index is -0.479. The Bertz CT molecular complexity index is 1310. The molecule has 9 heteroatoms. The molecule has 0 saturated heterocycles. The van der Waals surface area contributed by atoms with Gasteiger partial charge in [0.15, 0.2) is 29.1 Å². The van der Waals surface area contributed by atoms with Crippen LogP contribution in [0.1, 0.15) is 22.8 Å². The molecular weight excluding hydrogens is 516 g/mol. The van der Waals surface area contributed by atoms with Gasteiger partial charge in [0.2, 0.25) is 5.75 Å². The predicted octanol–water partition coefficient (Wildman–Crippen LogP) is 5.52.